The van der Waals surface area contributed by atoms with Gasteiger partial charge in [0, 0.05) is 20.2 Å². The zero-order valence-corrected chi connectivity index (χ0v) is 12.1. The normalized spacial score (nSPS) is 13.8. The second-order valence-corrected chi connectivity index (χ2v) is 5.38. The highest BCUT2D eigenvalue weighted by atomic mass is 16.5. The molecule has 4 nitrogen and oxygen atoms in total. The van der Waals surface area contributed by atoms with E-state index in [9.17, 15) is 0 Å². The summed E-state index contributed by atoms with van der Waals surface area (Å²) in [6.07, 6.45) is 0.956. The number of ether oxygens (including phenoxy) is 1. The first-order valence-corrected chi connectivity index (χ1v) is 6.08. The lowest BCUT2D eigenvalue weighted by molar-refractivity contribution is 0.0128. The standard InChI is InChI=1S/C13H25N3O/c1-9(8-13(4,5)17-7)14-12-10(2)15-16(6)11(12)3/h9,14H,8H2,1-7H3. The van der Waals surface area contributed by atoms with Crippen molar-refractivity contribution in [3.05, 3.63) is 11.4 Å². The Labute approximate surface area is 104 Å². The number of aromatic nitrogens is 2. The second kappa shape index (κ2) is 5.08. The number of hydrogen-bond donors (Lipinski definition) is 1. The van der Waals surface area contributed by atoms with Gasteiger partial charge in [-0.3, -0.25) is 4.68 Å². The number of hydrogen-bond acceptors (Lipinski definition) is 3. The molecule has 0 aromatic carbocycles. The van der Waals surface area contributed by atoms with Crippen LogP contribution in [0.1, 0.15) is 38.6 Å². The number of nitrogens with one attached hydrogen (secondary N) is 1. The van der Waals surface area contributed by atoms with Crippen molar-refractivity contribution in [2.24, 2.45) is 7.05 Å². The molecule has 17 heavy (non-hydrogen) atoms. The Morgan fingerprint density at radius 1 is 1.41 bits per heavy atom. The topological polar surface area (TPSA) is 39.1 Å². The Morgan fingerprint density at radius 3 is 2.41 bits per heavy atom. The highest BCUT2D eigenvalue weighted by Crippen LogP contribution is 2.23. The number of anilines is 1. The Hall–Kier alpha value is -1.03. The SMILES string of the molecule is COC(C)(C)CC(C)Nc1c(C)nn(C)c1C. The molecule has 0 bridgehead atoms. The van der Waals surface area contributed by atoms with Gasteiger partial charge >= 0.3 is 0 Å². The lowest BCUT2D eigenvalue weighted by Crippen LogP contribution is -2.31. The fourth-order valence-corrected chi connectivity index (χ4v) is 2.10. The van der Waals surface area contributed by atoms with Gasteiger partial charge in [0.15, 0.2) is 0 Å². The Morgan fingerprint density at radius 2 is 2.00 bits per heavy atom. The van der Waals surface area contributed by atoms with Gasteiger partial charge in [0.1, 0.15) is 0 Å². The van der Waals surface area contributed by atoms with E-state index < -0.39 is 0 Å². The van der Waals surface area contributed by atoms with Crippen LogP contribution in [-0.4, -0.2) is 28.5 Å². The Balaban J connectivity index is 2.71. The van der Waals surface area contributed by atoms with E-state index in [1.165, 1.54) is 5.69 Å². The van der Waals surface area contributed by atoms with E-state index in [2.05, 4.69) is 38.1 Å². The van der Waals surface area contributed by atoms with E-state index in [1.807, 2.05) is 18.7 Å². The van der Waals surface area contributed by atoms with Gasteiger partial charge in [0.2, 0.25) is 0 Å². The summed E-state index contributed by atoms with van der Waals surface area (Å²) in [5, 5.41) is 7.93. The van der Waals surface area contributed by atoms with Gasteiger partial charge in [-0.1, -0.05) is 0 Å². The summed E-state index contributed by atoms with van der Waals surface area (Å²) >= 11 is 0. The number of aryl methyl sites for hydroxylation is 2. The molecule has 0 radical (unpaired) electrons. The molecule has 1 N–H and O–H groups in total. The van der Waals surface area contributed by atoms with Gasteiger partial charge in [-0.2, -0.15) is 5.10 Å². The largest absolute Gasteiger partial charge is 0.380 e. The van der Waals surface area contributed by atoms with Gasteiger partial charge in [-0.15, -0.1) is 0 Å². The zero-order valence-electron chi connectivity index (χ0n) is 12.1. The van der Waals surface area contributed by atoms with Crippen molar-refractivity contribution in [1.82, 2.24) is 9.78 Å². The quantitative estimate of drug-likeness (QED) is 0.858. The van der Waals surface area contributed by atoms with Crippen LogP contribution in [0.4, 0.5) is 5.69 Å². The molecule has 0 saturated carbocycles. The van der Waals surface area contributed by atoms with Gasteiger partial charge in [0.25, 0.3) is 0 Å². The molecular weight excluding hydrogens is 214 g/mol. The maximum atomic E-state index is 5.45. The van der Waals surface area contributed by atoms with Gasteiger partial charge in [-0.05, 0) is 41.0 Å². The van der Waals surface area contributed by atoms with Crippen LogP contribution in [0.2, 0.25) is 0 Å². The third-order valence-corrected chi connectivity index (χ3v) is 3.25. The minimum absolute atomic E-state index is 0.101. The summed E-state index contributed by atoms with van der Waals surface area (Å²) in [4.78, 5) is 0. The minimum Gasteiger partial charge on any atom is -0.380 e. The van der Waals surface area contributed by atoms with Gasteiger partial charge in [0.05, 0.1) is 22.7 Å². The van der Waals surface area contributed by atoms with Crippen LogP contribution in [-0.2, 0) is 11.8 Å². The monoisotopic (exact) mass is 239 g/mol. The second-order valence-electron chi connectivity index (χ2n) is 5.38. The predicted molar refractivity (Wildman–Crippen MR) is 71.5 cm³/mol. The number of methoxy groups -OCH3 is 1. The summed E-state index contributed by atoms with van der Waals surface area (Å²) < 4.78 is 7.36. The van der Waals surface area contributed by atoms with Gasteiger partial charge in [-0.25, -0.2) is 0 Å². The maximum absolute atomic E-state index is 5.45. The van der Waals surface area contributed by atoms with Crippen LogP contribution in [0.5, 0.6) is 0 Å². The molecule has 1 atom stereocenters. The first-order chi connectivity index (χ1) is 7.76. The fraction of sp³-hybridized carbons (Fsp3) is 0.769. The van der Waals surface area contributed by atoms with Crippen molar-refractivity contribution in [1.29, 1.82) is 0 Å². The first kappa shape index (κ1) is 14.0. The summed E-state index contributed by atoms with van der Waals surface area (Å²) in [6.45, 7) is 10.5. The van der Waals surface area contributed by atoms with Crippen molar-refractivity contribution in [2.45, 2.75) is 52.7 Å². The highest BCUT2D eigenvalue weighted by Gasteiger charge is 2.21. The van der Waals surface area contributed by atoms with Crippen LogP contribution >= 0.6 is 0 Å². The van der Waals surface area contributed by atoms with E-state index in [0.717, 1.165) is 17.8 Å². The van der Waals surface area contributed by atoms with E-state index in [-0.39, 0.29) is 5.60 Å². The Bertz CT molecular complexity index is 382. The van der Waals surface area contributed by atoms with E-state index >= 15 is 0 Å². The van der Waals surface area contributed by atoms with Crippen LogP contribution in [0.3, 0.4) is 0 Å². The van der Waals surface area contributed by atoms with Crippen LogP contribution in [0.15, 0.2) is 0 Å². The lowest BCUT2D eigenvalue weighted by Gasteiger charge is -2.27. The molecule has 1 unspecified atom stereocenters. The first-order valence-electron chi connectivity index (χ1n) is 6.08. The lowest BCUT2D eigenvalue weighted by atomic mass is 9.99. The summed E-state index contributed by atoms with van der Waals surface area (Å²) in [7, 11) is 3.73. The molecule has 1 aromatic heterocycles. The Kier molecular flexibility index (Phi) is 4.20. The van der Waals surface area contributed by atoms with Crippen molar-refractivity contribution >= 4 is 5.69 Å². The van der Waals surface area contributed by atoms with E-state index in [4.69, 9.17) is 4.74 Å². The minimum atomic E-state index is -0.101. The summed E-state index contributed by atoms with van der Waals surface area (Å²) in [5.41, 5.74) is 3.26. The van der Waals surface area contributed by atoms with Crippen molar-refractivity contribution in [3.8, 4) is 0 Å². The average Bonchev–Trinajstić information content (AvgIpc) is 2.44. The van der Waals surface area contributed by atoms with E-state index in [1.54, 1.807) is 7.11 Å². The summed E-state index contributed by atoms with van der Waals surface area (Å²) in [6, 6.07) is 0.353. The number of rotatable bonds is 5. The molecular formula is C13H25N3O. The molecule has 0 saturated heterocycles. The fourth-order valence-electron chi connectivity index (χ4n) is 2.10. The van der Waals surface area contributed by atoms with Gasteiger partial charge < -0.3 is 10.1 Å². The zero-order chi connectivity index (χ0) is 13.2. The van der Waals surface area contributed by atoms with Crippen LogP contribution in [0, 0.1) is 13.8 Å². The third-order valence-electron chi connectivity index (χ3n) is 3.25. The molecule has 0 fully saturated rings. The smallest absolute Gasteiger partial charge is 0.0827 e. The molecule has 0 amide bonds. The molecule has 1 aromatic rings. The van der Waals surface area contributed by atoms with Crippen molar-refractivity contribution in [3.63, 3.8) is 0 Å². The third kappa shape index (κ3) is 3.46. The molecule has 98 valence electrons. The number of nitrogens with zero attached hydrogens (tertiary/aromatic N) is 2. The van der Waals surface area contributed by atoms with E-state index in [0.29, 0.717) is 6.04 Å². The van der Waals surface area contributed by atoms with Crippen molar-refractivity contribution < 1.29 is 4.74 Å². The molecule has 4 heteroatoms. The molecule has 1 rings (SSSR count). The molecule has 0 aliphatic carbocycles. The van der Waals surface area contributed by atoms with Crippen molar-refractivity contribution in [2.75, 3.05) is 12.4 Å². The van der Waals surface area contributed by atoms with Crippen LogP contribution < -0.4 is 5.32 Å². The summed E-state index contributed by atoms with van der Waals surface area (Å²) in [5.74, 6) is 0. The highest BCUT2D eigenvalue weighted by molar-refractivity contribution is 5.52. The predicted octanol–water partition coefficient (Wildman–Crippen LogP) is 2.65. The maximum Gasteiger partial charge on any atom is 0.0827 e. The van der Waals surface area contributed by atoms with Crippen LogP contribution in [0.25, 0.3) is 0 Å². The molecule has 0 aliphatic heterocycles. The average molecular weight is 239 g/mol. The molecule has 1 heterocycles. The molecule has 0 spiro atoms. The molecule has 0 aliphatic rings.